The van der Waals surface area contributed by atoms with Crippen LogP contribution in [0, 0.1) is 90.0 Å². The van der Waals surface area contributed by atoms with Crippen molar-refractivity contribution >= 4 is 22.7 Å². The fraction of sp³-hybridized carbons (Fsp3) is 0.465. The highest BCUT2D eigenvalue weighted by Gasteiger charge is 1.92. The lowest BCUT2D eigenvalue weighted by Gasteiger charge is -1.82. The first-order valence-corrected chi connectivity index (χ1v) is 34.7. The standard InChI is InChI=1S/3C6H7N.C5H6N2.C5H7NO.2C5H7NS.5C3H5N3.9C2H6/c1-6-2-4-7-5-3-6;1-6-3-2-4-7-5-6;1-6-4-2-3-5-7-6;1-5-3-2-4-6-7-5;3*1-4-5(2)7-3-6-4;1-6-3-2-4-5-6;1-6-4-2-3-5-6;3*1-3-2-4-6-5-3;9*1-2/h3*2-5H,1H3;2-4H,1H3;3*3H,1-2H3;2*2-3H,1H3;3*2H,1H3,(H,4,5,6);9*1-2H3. The number of rotatable bonds is 0. The van der Waals surface area contributed by atoms with Crippen LogP contribution >= 0.6 is 22.7 Å². The highest BCUT2D eigenvalue weighted by molar-refractivity contribution is 7.09. The molecule has 0 bridgehead atoms. The predicted molar refractivity (Wildman–Crippen MR) is 410 cm³/mol. The van der Waals surface area contributed by atoms with Gasteiger partial charge in [-0.05, 0) is 144 Å². The molecule has 12 rings (SSSR count). The van der Waals surface area contributed by atoms with Crippen LogP contribution in [-0.4, -0.2) is 116 Å². The van der Waals surface area contributed by atoms with Gasteiger partial charge in [-0.3, -0.25) is 19.6 Å². The molecule has 12 heterocycles. The number of nitrogens with zero attached hydrogens (tertiary/aromatic N) is 20. The normalized spacial score (nSPS) is 7.85. The molecule has 0 amide bonds. The van der Waals surface area contributed by atoms with Gasteiger partial charge in [-0.25, -0.2) is 15.0 Å². The van der Waals surface area contributed by atoms with E-state index >= 15 is 0 Å². The Kier molecular flexibility index (Phi) is 97.4. The molecular weight excluding hydrogens is 1260 g/mol. The quantitative estimate of drug-likeness (QED) is 0.127. The maximum atomic E-state index is 4.85. The highest BCUT2D eigenvalue weighted by atomic mass is 32.1. The van der Waals surface area contributed by atoms with Gasteiger partial charge in [0.05, 0.1) is 88.1 Å². The average Bonchev–Trinajstić information content (AvgIpc) is 2.98. The summed E-state index contributed by atoms with van der Waals surface area (Å²) in [5.41, 5.74) is 14.3. The third-order valence-electron chi connectivity index (χ3n) is 8.81. The molecular formula is C71H127N23OS2. The van der Waals surface area contributed by atoms with Gasteiger partial charge < -0.3 is 4.42 Å². The molecule has 24 nitrogen and oxygen atoms in total. The SMILES string of the molecule is CC.CC.CC.CC.CC.CC.CC.CC.CC.Cc1ccccn1.Cc1cccnc1.Cc1cccnn1.Cc1ccncc1.Cc1cn[nH]n1.Cc1cn[nH]n1.Cc1cn[nH]n1.Cc1ncoc1C.Cc1ncsc1C.Cc1ncsc1C.Cn1ccnn1.Cn1nccn1. The molecule has 0 aliphatic rings. The van der Waals surface area contributed by atoms with Gasteiger partial charge in [-0.2, -0.15) is 71.4 Å². The number of pyridine rings is 3. The Morgan fingerprint density at radius 1 is 0.371 bits per heavy atom. The summed E-state index contributed by atoms with van der Waals surface area (Å²) in [5, 5.41) is 51.0. The van der Waals surface area contributed by atoms with Crippen molar-refractivity contribution in [3.63, 3.8) is 0 Å². The van der Waals surface area contributed by atoms with Crippen LogP contribution in [-0.2, 0) is 14.1 Å². The fourth-order valence-electron chi connectivity index (χ4n) is 4.11. The number of oxazole rings is 1. The number of aromatic amines is 3. The van der Waals surface area contributed by atoms with Crippen LogP contribution in [0.2, 0.25) is 0 Å². The zero-order chi connectivity index (χ0) is 76.3. The zero-order valence-corrected chi connectivity index (χ0v) is 67.2. The molecule has 0 saturated heterocycles. The average molecular weight is 1380 g/mol. The van der Waals surface area contributed by atoms with Crippen LogP contribution in [0.25, 0.3) is 0 Å². The van der Waals surface area contributed by atoms with Crippen molar-refractivity contribution in [3.05, 3.63) is 225 Å². The van der Waals surface area contributed by atoms with Crippen molar-refractivity contribution < 1.29 is 4.42 Å². The third-order valence-corrected chi connectivity index (χ3v) is 10.5. The molecule has 0 atom stereocenters. The molecule has 97 heavy (non-hydrogen) atoms. The summed E-state index contributed by atoms with van der Waals surface area (Å²) in [5.74, 6) is 0.903. The maximum Gasteiger partial charge on any atom is 0.181 e. The number of H-pyrrole nitrogens is 3. The van der Waals surface area contributed by atoms with Gasteiger partial charge in [-0.1, -0.05) is 142 Å². The van der Waals surface area contributed by atoms with Crippen LogP contribution in [0.1, 0.15) is 197 Å². The van der Waals surface area contributed by atoms with Gasteiger partial charge in [0.25, 0.3) is 0 Å². The Hall–Kier alpha value is -9.30. The first-order chi connectivity index (χ1) is 47.0. The van der Waals surface area contributed by atoms with Gasteiger partial charge in [0, 0.05) is 72.9 Å². The van der Waals surface area contributed by atoms with Crippen LogP contribution < -0.4 is 0 Å². The van der Waals surface area contributed by atoms with Gasteiger partial charge in [0.1, 0.15) is 5.76 Å². The van der Waals surface area contributed by atoms with E-state index in [2.05, 4.69) is 121 Å². The first kappa shape index (κ1) is 106. The minimum Gasteiger partial charge on any atom is -0.449 e. The molecule has 0 unspecified atom stereocenters. The Morgan fingerprint density at radius 3 is 0.948 bits per heavy atom. The molecule has 0 aromatic carbocycles. The lowest BCUT2D eigenvalue weighted by atomic mass is 10.3. The zero-order valence-electron chi connectivity index (χ0n) is 65.6. The van der Waals surface area contributed by atoms with Crippen LogP contribution in [0.3, 0.4) is 0 Å². The molecule has 3 N–H and O–H groups in total. The van der Waals surface area contributed by atoms with Crippen LogP contribution in [0.15, 0.2) is 157 Å². The van der Waals surface area contributed by atoms with Crippen molar-refractivity contribution in [1.82, 2.24) is 116 Å². The molecule has 0 fully saturated rings. The maximum absolute atomic E-state index is 4.85. The third kappa shape index (κ3) is 80.9. The Morgan fingerprint density at radius 2 is 0.814 bits per heavy atom. The van der Waals surface area contributed by atoms with Crippen LogP contribution in [0.5, 0.6) is 0 Å². The summed E-state index contributed by atoms with van der Waals surface area (Å²) in [6, 6.07) is 17.5. The van der Waals surface area contributed by atoms with Gasteiger partial charge in [-0.15, -0.1) is 27.8 Å². The molecule has 12 aromatic heterocycles. The second-order valence-corrected chi connectivity index (χ2v) is 17.9. The Labute approximate surface area is 593 Å². The monoisotopic (exact) mass is 1380 g/mol. The lowest BCUT2D eigenvalue weighted by molar-refractivity contribution is 0.525. The summed E-state index contributed by atoms with van der Waals surface area (Å²) >= 11 is 3.39. The largest absolute Gasteiger partial charge is 0.449 e. The van der Waals surface area contributed by atoms with E-state index in [0.29, 0.717) is 0 Å². The molecule has 0 aliphatic heterocycles. The van der Waals surface area contributed by atoms with E-state index in [0.717, 1.165) is 51.3 Å². The molecule has 544 valence electrons. The Balaban J connectivity index is -0.000000122. The van der Waals surface area contributed by atoms with E-state index in [1.807, 2.05) is 280 Å². The van der Waals surface area contributed by atoms with Crippen molar-refractivity contribution in [1.29, 1.82) is 0 Å². The molecule has 26 heteroatoms. The van der Waals surface area contributed by atoms with E-state index < -0.39 is 0 Å². The second kappa shape index (κ2) is 88.8. The van der Waals surface area contributed by atoms with E-state index in [9.17, 15) is 0 Å². The smallest absolute Gasteiger partial charge is 0.181 e. The number of hydrogen-bond acceptors (Lipinski definition) is 21. The van der Waals surface area contributed by atoms with Crippen molar-refractivity contribution in [2.24, 2.45) is 14.1 Å². The highest BCUT2D eigenvalue weighted by Crippen LogP contribution is 2.08. The molecule has 12 aromatic rings. The summed E-state index contributed by atoms with van der Waals surface area (Å²) in [7, 11) is 3.60. The number of hydrogen-bond donors (Lipinski definition) is 3. The summed E-state index contributed by atoms with van der Waals surface area (Å²) < 4.78 is 6.49. The van der Waals surface area contributed by atoms with E-state index in [-0.39, 0.29) is 0 Å². The van der Waals surface area contributed by atoms with Crippen molar-refractivity contribution in [2.45, 2.75) is 215 Å². The Bertz CT molecular complexity index is 2630. The minimum atomic E-state index is 0.903. The minimum absolute atomic E-state index is 0.903. The number of aryl methyl sites for hydroxylation is 15. The van der Waals surface area contributed by atoms with Crippen molar-refractivity contribution in [3.8, 4) is 0 Å². The molecule has 0 radical (unpaired) electrons. The second-order valence-electron chi connectivity index (χ2n) is 15.8. The lowest BCUT2D eigenvalue weighted by Crippen LogP contribution is -1.89. The predicted octanol–water partition coefficient (Wildman–Crippen LogP) is 19.0. The summed E-state index contributed by atoms with van der Waals surface area (Å²) in [6.45, 7) is 61.6. The first-order valence-electron chi connectivity index (χ1n) is 33.0. The van der Waals surface area contributed by atoms with Gasteiger partial charge >= 0.3 is 0 Å². The summed E-state index contributed by atoms with van der Waals surface area (Å²) in [4.78, 5) is 27.8. The number of thiazole rings is 2. The number of nitrogens with one attached hydrogen (secondary N) is 3. The molecule has 0 saturated carbocycles. The number of aromatic nitrogens is 23. The van der Waals surface area contributed by atoms with Crippen molar-refractivity contribution in [2.75, 3.05) is 0 Å². The van der Waals surface area contributed by atoms with Gasteiger partial charge in [0.2, 0.25) is 0 Å². The van der Waals surface area contributed by atoms with E-state index in [4.69, 9.17) is 4.42 Å². The van der Waals surface area contributed by atoms with E-state index in [1.54, 1.807) is 109 Å². The fourth-order valence-corrected chi connectivity index (χ4v) is 5.29. The van der Waals surface area contributed by atoms with Crippen LogP contribution in [0.4, 0.5) is 0 Å². The summed E-state index contributed by atoms with van der Waals surface area (Å²) in [6.07, 6.45) is 23.8. The molecule has 0 aliphatic carbocycles. The van der Waals surface area contributed by atoms with Gasteiger partial charge in [0.15, 0.2) is 6.39 Å². The molecule has 0 spiro atoms. The van der Waals surface area contributed by atoms with E-state index in [1.165, 1.54) is 32.1 Å². The topological polar surface area (TPSA) is 302 Å².